The normalized spacial score (nSPS) is 10.3. The van der Waals surface area contributed by atoms with Crippen molar-refractivity contribution in [2.24, 2.45) is 0 Å². The summed E-state index contributed by atoms with van der Waals surface area (Å²) in [7, 11) is 1.91. The van der Waals surface area contributed by atoms with Crippen molar-refractivity contribution in [3.8, 4) is 0 Å². The summed E-state index contributed by atoms with van der Waals surface area (Å²) < 4.78 is 13.4. The summed E-state index contributed by atoms with van der Waals surface area (Å²) in [6.45, 7) is 4.86. The van der Waals surface area contributed by atoms with E-state index in [1.54, 1.807) is 12.1 Å². The molecule has 0 fully saturated rings. The van der Waals surface area contributed by atoms with E-state index >= 15 is 0 Å². The molecule has 1 aromatic rings. The maximum atomic E-state index is 13.4. The monoisotopic (exact) mass is 210 g/mol. The van der Waals surface area contributed by atoms with Gasteiger partial charge in [0.15, 0.2) is 0 Å². The van der Waals surface area contributed by atoms with Gasteiger partial charge >= 0.3 is 0 Å². The molecule has 0 heterocycles. The van der Waals surface area contributed by atoms with Gasteiger partial charge in [0, 0.05) is 20.1 Å². The highest BCUT2D eigenvalue weighted by Crippen LogP contribution is 2.16. The first kappa shape index (κ1) is 12.0. The fourth-order valence-corrected chi connectivity index (χ4v) is 1.43. The number of halogens is 1. The lowest BCUT2D eigenvalue weighted by atomic mass is 10.3. The maximum absolute atomic E-state index is 13.4. The second-order valence-corrected chi connectivity index (χ2v) is 3.62. The predicted octanol–water partition coefficient (Wildman–Crippen LogP) is 2.26. The summed E-state index contributed by atoms with van der Waals surface area (Å²) in [4.78, 5) is 1.93. The molecule has 0 unspecified atom stereocenters. The van der Waals surface area contributed by atoms with Crippen molar-refractivity contribution in [2.75, 3.05) is 31.6 Å². The highest BCUT2D eigenvalue weighted by Gasteiger charge is 2.04. The van der Waals surface area contributed by atoms with Gasteiger partial charge in [0.25, 0.3) is 0 Å². The van der Waals surface area contributed by atoms with E-state index in [0.717, 1.165) is 26.1 Å². The SMILES string of the molecule is CCCNCCN(C)c1ccccc1F. The molecule has 0 aliphatic rings. The first-order valence-corrected chi connectivity index (χ1v) is 5.42. The van der Waals surface area contributed by atoms with Crippen molar-refractivity contribution in [1.82, 2.24) is 5.32 Å². The Bertz CT molecular complexity index is 289. The molecule has 15 heavy (non-hydrogen) atoms. The molecule has 0 aromatic heterocycles. The van der Waals surface area contributed by atoms with Crippen molar-refractivity contribution in [3.05, 3.63) is 30.1 Å². The van der Waals surface area contributed by atoms with Gasteiger partial charge in [0.05, 0.1) is 5.69 Å². The van der Waals surface area contributed by atoms with Gasteiger partial charge in [-0.3, -0.25) is 0 Å². The van der Waals surface area contributed by atoms with Crippen molar-refractivity contribution in [2.45, 2.75) is 13.3 Å². The quantitative estimate of drug-likeness (QED) is 0.724. The molecule has 0 aliphatic carbocycles. The highest BCUT2D eigenvalue weighted by atomic mass is 19.1. The number of hydrogen-bond acceptors (Lipinski definition) is 2. The molecule has 0 amide bonds. The van der Waals surface area contributed by atoms with Crippen molar-refractivity contribution in [3.63, 3.8) is 0 Å². The lowest BCUT2D eigenvalue weighted by Gasteiger charge is -2.19. The number of nitrogens with zero attached hydrogens (tertiary/aromatic N) is 1. The van der Waals surface area contributed by atoms with Gasteiger partial charge in [-0.2, -0.15) is 0 Å². The molecule has 0 spiro atoms. The van der Waals surface area contributed by atoms with Gasteiger partial charge < -0.3 is 10.2 Å². The van der Waals surface area contributed by atoms with E-state index in [4.69, 9.17) is 0 Å². The van der Waals surface area contributed by atoms with Crippen LogP contribution in [0, 0.1) is 5.82 Å². The third kappa shape index (κ3) is 3.88. The largest absolute Gasteiger partial charge is 0.371 e. The van der Waals surface area contributed by atoms with E-state index in [-0.39, 0.29) is 5.82 Å². The predicted molar refractivity (Wildman–Crippen MR) is 62.8 cm³/mol. The number of hydrogen-bond donors (Lipinski definition) is 1. The molecule has 0 aliphatic heterocycles. The molecule has 84 valence electrons. The average Bonchev–Trinajstić information content (AvgIpc) is 2.25. The average molecular weight is 210 g/mol. The van der Waals surface area contributed by atoms with Crippen LogP contribution in [0.15, 0.2) is 24.3 Å². The summed E-state index contributed by atoms with van der Waals surface area (Å²) in [6, 6.07) is 6.86. The van der Waals surface area contributed by atoms with Crippen LogP contribution in [0.5, 0.6) is 0 Å². The first-order chi connectivity index (χ1) is 7.25. The number of rotatable bonds is 6. The number of benzene rings is 1. The van der Waals surface area contributed by atoms with Crippen molar-refractivity contribution in [1.29, 1.82) is 0 Å². The molecule has 0 radical (unpaired) electrons. The smallest absolute Gasteiger partial charge is 0.146 e. The first-order valence-electron chi connectivity index (χ1n) is 5.42. The van der Waals surface area contributed by atoms with Crippen molar-refractivity contribution < 1.29 is 4.39 Å². The van der Waals surface area contributed by atoms with Gasteiger partial charge in [-0.25, -0.2) is 4.39 Å². The Morgan fingerprint density at radius 1 is 1.27 bits per heavy atom. The minimum atomic E-state index is -0.157. The Kier molecular flexibility index (Phi) is 5.12. The fourth-order valence-electron chi connectivity index (χ4n) is 1.43. The number of anilines is 1. The summed E-state index contributed by atoms with van der Waals surface area (Å²) in [5.74, 6) is -0.157. The Hall–Kier alpha value is -1.09. The molecular weight excluding hydrogens is 191 g/mol. The van der Waals surface area contributed by atoms with Gasteiger partial charge in [-0.1, -0.05) is 19.1 Å². The fraction of sp³-hybridized carbons (Fsp3) is 0.500. The van der Waals surface area contributed by atoms with Crippen LogP contribution in [-0.4, -0.2) is 26.7 Å². The molecule has 1 aromatic carbocycles. The minimum Gasteiger partial charge on any atom is -0.371 e. The van der Waals surface area contributed by atoms with Crippen LogP contribution < -0.4 is 10.2 Å². The summed E-state index contributed by atoms with van der Waals surface area (Å²) in [5, 5.41) is 3.29. The molecule has 1 N–H and O–H groups in total. The van der Waals surface area contributed by atoms with Crippen LogP contribution in [0.4, 0.5) is 10.1 Å². The third-order valence-corrected chi connectivity index (χ3v) is 2.31. The standard InChI is InChI=1S/C12H19FN2/c1-3-8-14-9-10-15(2)12-7-5-4-6-11(12)13/h4-7,14H,3,8-10H2,1-2H3. The van der Waals surface area contributed by atoms with Crippen LogP contribution in [0.1, 0.15) is 13.3 Å². The summed E-state index contributed by atoms with van der Waals surface area (Å²) >= 11 is 0. The Morgan fingerprint density at radius 2 is 2.00 bits per heavy atom. The Morgan fingerprint density at radius 3 is 2.67 bits per heavy atom. The molecule has 1 rings (SSSR count). The van der Waals surface area contributed by atoms with Crippen LogP contribution in [0.2, 0.25) is 0 Å². The zero-order chi connectivity index (χ0) is 11.1. The molecule has 0 atom stereocenters. The highest BCUT2D eigenvalue weighted by molar-refractivity contribution is 5.46. The molecular formula is C12H19FN2. The van der Waals surface area contributed by atoms with E-state index in [2.05, 4.69) is 12.2 Å². The second-order valence-electron chi connectivity index (χ2n) is 3.62. The second kappa shape index (κ2) is 6.40. The zero-order valence-electron chi connectivity index (χ0n) is 9.46. The van der Waals surface area contributed by atoms with Crippen LogP contribution in [-0.2, 0) is 0 Å². The Balaban J connectivity index is 2.40. The van der Waals surface area contributed by atoms with Crippen LogP contribution in [0.3, 0.4) is 0 Å². The lowest BCUT2D eigenvalue weighted by molar-refractivity contribution is 0.615. The van der Waals surface area contributed by atoms with Gasteiger partial charge in [-0.05, 0) is 25.1 Å². The van der Waals surface area contributed by atoms with Gasteiger partial charge in [-0.15, -0.1) is 0 Å². The Labute approximate surface area is 91.1 Å². The van der Waals surface area contributed by atoms with E-state index in [1.807, 2.05) is 18.0 Å². The van der Waals surface area contributed by atoms with Gasteiger partial charge in [0.2, 0.25) is 0 Å². The van der Waals surface area contributed by atoms with E-state index in [0.29, 0.717) is 5.69 Å². The van der Waals surface area contributed by atoms with Crippen LogP contribution in [0.25, 0.3) is 0 Å². The zero-order valence-corrected chi connectivity index (χ0v) is 9.46. The third-order valence-electron chi connectivity index (χ3n) is 2.31. The maximum Gasteiger partial charge on any atom is 0.146 e. The number of likely N-dealkylation sites (N-methyl/N-ethyl adjacent to an activating group) is 1. The van der Waals surface area contributed by atoms with E-state index in [1.165, 1.54) is 6.07 Å². The summed E-state index contributed by atoms with van der Waals surface area (Å²) in [6.07, 6.45) is 1.13. The van der Waals surface area contributed by atoms with Crippen molar-refractivity contribution >= 4 is 5.69 Å². The van der Waals surface area contributed by atoms with Gasteiger partial charge in [0.1, 0.15) is 5.82 Å². The van der Waals surface area contributed by atoms with E-state index in [9.17, 15) is 4.39 Å². The molecule has 3 heteroatoms. The summed E-state index contributed by atoms with van der Waals surface area (Å²) in [5.41, 5.74) is 0.663. The number of para-hydroxylation sites is 1. The number of nitrogens with one attached hydrogen (secondary N) is 1. The topological polar surface area (TPSA) is 15.3 Å². The van der Waals surface area contributed by atoms with E-state index < -0.39 is 0 Å². The molecule has 2 nitrogen and oxygen atoms in total. The molecule has 0 saturated heterocycles. The minimum absolute atomic E-state index is 0.157. The molecule has 0 saturated carbocycles. The van der Waals surface area contributed by atoms with Crippen LogP contribution >= 0.6 is 0 Å². The lowest BCUT2D eigenvalue weighted by Crippen LogP contribution is -2.29. The molecule has 0 bridgehead atoms.